The molecule has 0 amide bonds. The monoisotopic (exact) mass is 472 g/mol. The summed E-state index contributed by atoms with van der Waals surface area (Å²) in [5, 5.41) is 14.1. The molecule has 1 N–H and O–H groups in total. The predicted octanol–water partition coefficient (Wildman–Crippen LogP) is 5.36. The molecule has 4 rings (SSSR count). The van der Waals surface area contributed by atoms with Crippen LogP contribution in [0.4, 0.5) is 0 Å². The number of carboxylic acid groups (broad SMARTS) is 1. The van der Waals surface area contributed by atoms with Gasteiger partial charge in [0.25, 0.3) is 0 Å². The van der Waals surface area contributed by atoms with Gasteiger partial charge in [-0.2, -0.15) is 5.10 Å². The summed E-state index contributed by atoms with van der Waals surface area (Å²) in [7, 11) is 3.22. The second-order valence-corrected chi connectivity index (χ2v) is 8.24. The molecule has 4 aromatic rings. The van der Waals surface area contributed by atoms with E-state index in [-0.39, 0.29) is 0 Å². The first-order valence-electron chi connectivity index (χ1n) is 11.2. The van der Waals surface area contributed by atoms with E-state index >= 15 is 0 Å². The van der Waals surface area contributed by atoms with Crippen molar-refractivity contribution in [1.82, 2.24) is 9.78 Å². The molecular formula is C28H28N2O5. The molecule has 1 aromatic heterocycles. The molecular weight excluding hydrogens is 444 g/mol. The minimum Gasteiger partial charge on any atom is -0.493 e. The summed E-state index contributed by atoms with van der Waals surface area (Å²) in [5.41, 5.74) is 6.04. The van der Waals surface area contributed by atoms with Crippen LogP contribution in [0, 0.1) is 13.8 Å². The van der Waals surface area contributed by atoms with Crippen LogP contribution in [-0.2, 0) is 11.3 Å². The molecule has 0 bridgehead atoms. The highest BCUT2D eigenvalue weighted by molar-refractivity contribution is 5.78. The minimum atomic E-state index is -1.03. The number of para-hydroxylation sites is 1. The lowest BCUT2D eigenvalue weighted by molar-refractivity contribution is -0.139. The number of aromatic nitrogens is 2. The van der Waals surface area contributed by atoms with Gasteiger partial charge in [-0.1, -0.05) is 42.5 Å². The third-order valence-electron chi connectivity index (χ3n) is 5.67. The van der Waals surface area contributed by atoms with Gasteiger partial charge in [0.15, 0.2) is 18.1 Å². The van der Waals surface area contributed by atoms with Gasteiger partial charge in [0.2, 0.25) is 0 Å². The Kier molecular flexibility index (Phi) is 7.06. The van der Waals surface area contributed by atoms with Crippen molar-refractivity contribution in [3.05, 3.63) is 83.4 Å². The van der Waals surface area contributed by atoms with Crippen molar-refractivity contribution >= 4 is 5.97 Å². The van der Waals surface area contributed by atoms with E-state index in [1.54, 1.807) is 14.2 Å². The summed E-state index contributed by atoms with van der Waals surface area (Å²) >= 11 is 0. The fraction of sp³-hybridized carbons (Fsp3) is 0.214. The van der Waals surface area contributed by atoms with Crippen LogP contribution in [0.1, 0.15) is 16.7 Å². The molecule has 0 saturated carbocycles. The van der Waals surface area contributed by atoms with E-state index in [2.05, 4.69) is 0 Å². The minimum absolute atomic E-state index is 0.432. The van der Waals surface area contributed by atoms with E-state index in [1.807, 2.05) is 85.3 Å². The summed E-state index contributed by atoms with van der Waals surface area (Å²) in [5.74, 6) is 0.702. The molecule has 7 nitrogen and oxygen atoms in total. The predicted molar refractivity (Wildman–Crippen MR) is 134 cm³/mol. The van der Waals surface area contributed by atoms with Crippen LogP contribution in [0.3, 0.4) is 0 Å². The Bertz CT molecular complexity index is 1350. The number of carbonyl (C=O) groups is 1. The lowest BCUT2D eigenvalue weighted by atomic mass is 10.0. The van der Waals surface area contributed by atoms with Gasteiger partial charge < -0.3 is 19.3 Å². The third kappa shape index (κ3) is 5.14. The maximum atomic E-state index is 11.2. The summed E-state index contributed by atoms with van der Waals surface area (Å²) in [6.45, 7) is 4.00. The Labute approximate surface area is 204 Å². The zero-order chi connectivity index (χ0) is 24.9. The highest BCUT2D eigenvalue weighted by Gasteiger charge is 2.21. The second kappa shape index (κ2) is 10.3. The molecule has 0 atom stereocenters. The summed E-state index contributed by atoms with van der Waals surface area (Å²) in [6.07, 6.45) is 0. The summed E-state index contributed by atoms with van der Waals surface area (Å²) in [4.78, 5) is 11.2. The number of methoxy groups -OCH3 is 2. The number of benzene rings is 3. The van der Waals surface area contributed by atoms with Crippen molar-refractivity contribution in [2.75, 3.05) is 20.8 Å². The lowest BCUT2D eigenvalue weighted by Crippen LogP contribution is -2.11. The van der Waals surface area contributed by atoms with E-state index < -0.39 is 12.6 Å². The van der Waals surface area contributed by atoms with Gasteiger partial charge >= 0.3 is 5.97 Å². The molecule has 3 aromatic carbocycles. The molecule has 0 spiro atoms. The normalized spacial score (nSPS) is 10.7. The fourth-order valence-electron chi connectivity index (χ4n) is 4.20. The first-order chi connectivity index (χ1) is 16.9. The van der Waals surface area contributed by atoms with Crippen LogP contribution in [0.15, 0.2) is 66.7 Å². The zero-order valence-corrected chi connectivity index (χ0v) is 20.2. The van der Waals surface area contributed by atoms with Crippen LogP contribution in [0.25, 0.3) is 22.5 Å². The van der Waals surface area contributed by atoms with E-state index in [0.29, 0.717) is 29.5 Å². The number of ether oxygens (including phenoxy) is 3. The molecule has 1 heterocycles. The number of hydrogen-bond donors (Lipinski definition) is 1. The van der Waals surface area contributed by atoms with Crippen molar-refractivity contribution in [2.45, 2.75) is 20.4 Å². The van der Waals surface area contributed by atoms with Crippen LogP contribution < -0.4 is 14.2 Å². The lowest BCUT2D eigenvalue weighted by Gasteiger charge is -2.14. The maximum absolute atomic E-state index is 11.2. The molecule has 7 heteroatoms. The Morgan fingerprint density at radius 1 is 0.914 bits per heavy atom. The number of hydrogen-bond acceptors (Lipinski definition) is 5. The Hall–Kier alpha value is -4.26. The van der Waals surface area contributed by atoms with Crippen LogP contribution >= 0.6 is 0 Å². The smallest absolute Gasteiger partial charge is 0.341 e. The van der Waals surface area contributed by atoms with Crippen LogP contribution in [0.5, 0.6) is 17.2 Å². The Morgan fingerprint density at radius 3 is 2.37 bits per heavy atom. The number of rotatable bonds is 9. The summed E-state index contributed by atoms with van der Waals surface area (Å²) in [6, 6.07) is 21.7. The maximum Gasteiger partial charge on any atom is 0.341 e. The quantitative estimate of drug-likeness (QED) is 0.353. The number of nitrogens with zero attached hydrogens (tertiary/aromatic N) is 2. The van der Waals surface area contributed by atoms with Gasteiger partial charge in [-0.05, 0) is 54.8 Å². The molecule has 35 heavy (non-hydrogen) atoms. The molecule has 0 radical (unpaired) electrons. The molecule has 0 aliphatic carbocycles. The molecule has 0 aliphatic rings. The molecule has 0 unspecified atom stereocenters. The van der Waals surface area contributed by atoms with Gasteiger partial charge in [0.1, 0.15) is 5.75 Å². The average molecular weight is 473 g/mol. The van der Waals surface area contributed by atoms with Crippen molar-refractivity contribution in [2.24, 2.45) is 0 Å². The number of aliphatic carboxylic acids is 1. The van der Waals surface area contributed by atoms with E-state index in [1.165, 1.54) is 0 Å². The number of carboxylic acids is 1. The SMILES string of the molecule is COc1cccc(-c2cc(-c3cc(C)cc(C)c3OCC(=O)O)nn2Cc2ccccc2)c1OC. The van der Waals surface area contributed by atoms with Crippen LogP contribution in [-0.4, -0.2) is 41.7 Å². The Balaban J connectivity index is 1.91. The van der Waals surface area contributed by atoms with Crippen molar-refractivity contribution in [3.63, 3.8) is 0 Å². The topological polar surface area (TPSA) is 82.8 Å². The largest absolute Gasteiger partial charge is 0.493 e. The highest BCUT2D eigenvalue weighted by Crippen LogP contribution is 2.41. The van der Waals surface area contributed by atoms with Crippen molar-refractivity contribution in [3.8, 4) is 39.8 Å². The fourth-order valence-corrected chi connectivity index (χ4v) is 4.20. The zero-order valence-electron chi connectivity index (χ0n) is 20.2. The first kappa shape index (κ1) is 23.9. The highest BCUT2D eigenvalue weighted by atomic mass is 16.5. The van der Waals surface area contributed by atoms with Crippen LogP contribution in [0.2, 0.25) is 0 Å². The second-order valence-electron chi connectivity index (χ2n) is 8.24. The average Bonchev–Trinajstić information content (AvgIpc) is 3.26. The molecule has 180 valence electrons. The first-order valence-corrected chi connectivity index (χ1v) is 11.2. The van der Waals surface area contributed by atoms with E-state index in [9.17, 15) is 9.90 Å². The Morgan fingerprint density at radius 2 is 1.69 bits per heavy atom. The number of aryl methyl sites for hydroxylation is 2. The van der Waals surface area contributed by atoms with Crippen molar-refractivity contribution in [1.29, 1.82) is 0 Å². The van der Waals surface area contributed by atoms with E-state index in [0.717, 1.165) is 33.5 Å². The van der Waals surface area contributed by atoms with Crippen molar-refractivity contribution < 1.29 is 24.1 Å². The van der Waals surface area contributed by atoms with Gasteiger partial charge in [-0.3, -0.25) is 4.68 Å². The van der Waals surface area contributed by atoms with Gasteiger partial charge in [0.05, 0.1) is 32.2 Å². The third-order valence-corrected chi connectivity index (χ3v) is 5.67. The summed E-state index contributed by atoms with van der Waals surface area (Å²) < 4.78 is 18.9. The van der Waals surface area contributed by atoms with Gasteiger partial charge in [-0.15, -0.1) is 0 Å². The van der Waals surface area contributed by atoms with Gasteiger partial charge in [0, 0.05) is 11.1 Å². The molecule has 0 fully saturated rings. The van der Waals surface area contributed by atoms with Gasteiger partial charge in [-0.25, -0.2) is 4.79 Å². The molecule has 0 aliphatic heterocycles. The standard InChI is InChI=1S/C28H28N2O5/c1-18-13-19(2)27(35-17-26(31)32)22(14-18)23-15-24(21-11-8-12-25(33-3)28(21)34-4)30(29-23)16-20-9-6-5-7-10-20/h5-15H,16-17H2,1-4H3,(H,31,32). The van der Waals surface area contributed by atoms with E-state index in [4.69, 9.17) is 19.3 Å². The molecule has 0 saturated heterocycles.